The zero-order valence-electron chi connectivity index (χ0n) is 14.6. The molecule has 0 bridgehead atoms. The van der Waals surface area contributed by atoms with E-state index in [0.717, 1.165) is 0 Å². The van der Waals surface area contributed by atoms with Crippen LogP contribution in [0.25, 0.3) is 21.9 Å². The van der Waals surface area contributed by atoms with E-state index in [1.54, 1.807) is 12.3 Å². The van der Waals surface area contributed by atoms with Gasteiger partial charge in [-0.05, 0) is 29.8 Å². The first-order valence-electron chi connectivity index (χ1n) is 8.47. The summed E-state index contributed by atoms with van der Waals surface area (Å²) in [5, 5.41) is 0.401. The summed E-state index contributed by atoms with van der Waals surface area (Å²) in [6, 6.07) is 7.82. The average Bonchev–Trinajstić information content (AvgIpc) is 3.25. The van der Waals surface area contributed by atoms with Crippen LogP contribution in [0.3, 0.4) is 0 Å². The highest BCUT2D eigenvalue weighted by atomic mass is 35.5. The molecule has 0 atom stereocenters. The molecule has 0 saturated carbocycles. The highest BCUT2D eigenvalue weighted by molar-refractivity contribution is 7.60. The standard InChI is InChI=1S/C18H13ClN3O6P/c19-11-5-9(1-4-14(11)29(24,25)26)7-22-16-10-2-3-13-17(28-8-27-13)15(10)20-6-12(16)21-18(22)23/h1-6H,7-8H2,(H,21,23)(H2,24,25,26). The van der Waals surface area contributed by atoms with Crippen molar-refractivity contribution in [3.8, 4) is 11.5 Å². The number of imidazole rings is 1. The number of rotatable bonds is 3. The van der Waals surface area contributed by atoms with E-state index in [1.165, 1.54) is 22.8 Å². The Hall–Kier alpha value is -2.84. The van der Waals surface area contributed by atoms with Gasteiger partial charge in [-0.2, -0.15) is 0 Å². The van der Waals surface area contributed by atoms with E-state index in [4.69, 9.17) is 21.1 Å². The third kappa shape index (κ3) is 2.90. The first-order valence-corrected chi connectivity index (χ1v) is 10.5. The van der Waals surface area contributed by atoms with Crippen LogP contribution in [0.4, 0.5) is 0 Å². The molecule has 0 aliphatic carbocycles. The molecule has 148 valence electrons. The Bertz CT molecular complexity index is 1410. The number of H-pyrrole nitrogens is 1. The number of nitrogens with zero attached hydrogens (tertiary/aromatic N) is 2. The van der Waals surface area contributed by atoms with Crippen LogP contribution in [0, 0.1) is 0 Å². The Morgan fingerprint density at radius 2 is 2.07 bits per heavy atom. The molecule has 0 saturated heterocycles. The number of hydrogen-bond acceptors (Lipinski definition) is 5. The van der Waals surface area contributed by atoms with E-state index in [0.29, 0.717) is 39.0 Å². The van der Waals surface area contributed by atoms with Crippen LogP contribution in [-0.4, -0.2) is 31.1 Å². The summed E-state index contributed by atoms with van der Waals surface area (Å²) in [4.78, 5) is 38.4. The Labute approximate surface area is 167 Å². The Morgan fingerprint density at radius 1 is 1.24 bits per heavy atom. The monoisotopic (exact) mass is 433 g/mol. The maximum atomic E-state index is 12.6. The lowest BCUT2D eigenvalue weighted by atomic mass is 10.1. The summed E-state index contributed by atoms with van der Waals surface area (Å²) in [5.74, 6) is 1.12. The van der Waals surface area contributed by atoms with E-state index in [9.17, 15) is 19.1 Å². The van der Waals surface area contributed by atoms with Crippen molar-refractivity contribution in [2.24, 2.45) is 0 Å². The highest BCUT2D eigenvalue weighted by Crippen LogP contribution is 2.40. The number of nitrogens with one attached hydrogen (secondary N) is 1. The lowest BCUT2D eigenvalue weighted by molar-refractivity contribution is 0.174. The van der Waals surface area contributed by atoms with Crippen LogP contribution in [0.15, 0.2) is 41.3 Å². The van der Waals surface area contributed by atoms with E-state index in [1.807, 2.05) is 6.07 Å². The molecular weight excluding hydrogens is 421 g/mol. The zero-order valence-corrected chi connectivity index (χ0v) is 16.3. The molecule has 1 aliphatic heterocycles. The quantitative estimate of drug-likeness (QED) is 0.422. The molecule has 2 aromatic carbocycles. The number of ether oxygens (including phenoxy) is 2. The summed E-state index contributed by atoms with van der Waals surface area (Å²) >= 11 is 6.04. The minimum absolute atomic E-state index is 0.0568. The van der Waals surface area contributed by atoms with Gasteiger partial charge in [0.1, 0.15) is 5.52 Å². The zero-order chi connectivity index (χ0) is 20.3. The van der Waals surface area contributed by atoms with Gasteiger partial charge in [0.05, 0.1) is 34.1 Å². The van der Waals surface area contributed by atoms with Gasteiger partial charge in [-0.1, -0.05) is 17.7 Å². The molecular formula is C18H13ClN3O6P. The SMILES string of the molecule is O=c1[nH]c2cnc3c4c(ccc3c2n1Cc1ccc(P(=O)(O)O)c(Cl)c1)OCO4. The molecule has 4 aromatic rings. The van der Waals surface area contributed by atoms with Gasteiger partial charge in [-0.3, -0.25) is 9.13 Å². The smallest absolute Gasteiger partial charge is 0.357 e. The molecule has 5 rings (SSSR count). The molecule has 2 aromatic heterocycles. The van der Waals surface area contributed by atoms with Crippen molar-refractivity contribution in [2.75, 3.05) is 6.79 Å². The highest BCUT2D eigenvalue weighted by Gasteiger charge is 2.23. The maximum Gasteiger partial charge on any atom is 0.357 e. The minimum atomic E-state index is -4.48. The molecule has 29 heavy (non-hydrogen) atoms. The minimum Gasteiger partial charge on any atom is -0.454 e. The van der Waals surface area contributed by atoms with Crippen LogP contribution in [0.2, 0.25) is 5.02 Å². The summed E-state index contributed by atoms with van der Waals surface area (Å²) < 4.78 is 23.9. The molecule has 0 spiro atoms. The van der Waals surface area contributed by atoms with Gasteiger partial charge in [-0.15, -0.1) is 0 Å². The average molecular weight is 434 g/mol. The lowest BCUT2D eigenvalue weighted by Gasteiger charge is -2.10. The number of halogens is 1. The van der Waals surface area contributed by atoms with Gasteiger partial charge in [0.2, 0.25) is 6.79 Å². The largest absolute Gasteiger partial charge is 0.454 e. The fourth-order valence-corrected chi connectivity index (χ4v) is 4.64. The summed E-state index contributed by atoms with van der Waals surface area (Å²) in [6.45, 7) is 0.256. The first kappa shape index (κ1) is 18.2. The second kappa shape index (κ2) is 6.33. The molecule has 11 heteroatoms. The summed E-state index contributed by atoms with van der Waals surface area (Å²) in [6.07, 6.45) is 1.56. The van der Waals surface area contributed by atoms with Crippen molar-refractivity contribution in [3.05, 3.63) is 57.6 Å². The van der Waals surface area contributed by atoms with E-state index < -0.39 is 7.60 Å². The molecule has 3 heterocycles. The van der Waals surface area contributed by atoms with Crippen molar-refractivity contribution in [1.82, 2.24) is 14.5 Å². The maximum absolute atomic E-state index is 12.6. The number of benzene rings is 2. The van der Waals surface area contributed by atoms with Crippen molar-refractivity contribution in [2.45, 2.75) is 6.54 Å². The predicted molar refractivity (Wildman–Crippen MR) is 106 cm³/mol. The number of pyridine rings is 1. The van der Waals surface area contributed by atoms with Crippen LogP contribution in [0.1, 0.15) is 5.56 Å². The fourth-order valence-electron chi connectivity index (χ4n) is 3.50. The number of fused-ring (bicyclic) bond motifs is 5. The molecule has 0 fully saturated rings. The fraction of sp³-hybridized carbons (Fsp3) is 0.111. The van der Waals surface area contributed by atoms with Gasteiger partial charge in [0.25, 0.3) is 0 Å². The van der Waals surface area contributed by atoms with Crippen LogP contribution in [-0.2, 0) is 11.1 Å². The predicted octanol–water partition coefficient (Wildman–Crippen LogP) is 2.11. The second-order valence-corrected chi connectivity index (χ2v) is 8.54. The Kier molecular flexibility index (Phi) is 3.97. The first-order chi connectivity index (χ1) is 13.8. The van der Waals surface area contributed by atoms with Crippen molar-refractivity contribution in [3.63, 3.8) is 0 Å². The molecule has 0 radical (unpaired) electrons. The second-order valence-electron chi connectivity index (χ2n) is 6.56. The lowest BCUT2D eigenvalue weighted by Crippen LogP contribution is -2.18. The van der Waals surface area contributed by atoms with Crippen molar-refractivity contribution >= 4 is 46.4 Å². The Morgan fingerprint density at radius 3 is 2.83 bits per heavy atom. The summed E-state index contributed by atoms with van der Waals surface area (Å²) in [7, 11) is -4.48. The molecule has 9 nitrogen and oxygen atoms in total. The normalized spacial score (nSPS) is 13.5. The van der Waals surface area contributed by atoms with E-state index in [-0.39, 0.29) is 29.4 Å². The van der Waals surface area contributed by atoms with E-state index >= 15 is 0 Å². The molecule has 0 unspecified atom stereocenters. The molecule has 1 aliphatic rings. The molecule has 3 N–H and O–H groups in total. The third-order valence-electron chi connectivity index (χ3n) is 4.77. The number of aromatic nitrogens is 3. The topological polar surface area (TPSA) is 127 Å². The van der Waals surface area contributed by atoms with Gasteiger partial charge < -0.3 is 24.2 Å². The molecule has 0 amide bonds. The number of hydrogen-bond donors (Lipinski definition) is 3. The van der Waals surface area contributed by atoms with Crippen molar-refractivity contribution in [1.29, 1.82) is 0 Å². The van der Waals surface area contributed by atoms with Gasteiger partial charge in [0, 0.05) is 5.39 Å². The van der Waals surface area contributed by atoms with Crippen LogP contribution in [0.5, 0.6) is 11.5 Å². The van der Waals surface area contributed by atoms with Crippen LogP contribution < -0.4 is 20.5 Å². The van der Waals surface area contributed by atoms with Gasteiger partial charge in [-0.25, -0.2) is 9.78 Å². The Balaban J connectivity index is 1.68. The summed E-state index contributed by atoms with van der Waals surface area (Å²) in [5.41, 5.74) is 2.03. The van der Waals surface area contributed by atoms with Gasteiger partial charge in [0.15, 0.2) is 11.5 Å². The number of aromatic amines is 1. The van der Waals surface area contributed by atoms with Gasteiger partial charge >= 0.3 is 13.3 Å². The van der Waals surface area contributed by atoms with Crippen molar-refractivity contribution < 1.29 is 23.8 Å². The van der Waals surface area contributed by atoms with E-state index in [2.05, 4.69) is 9.97 Å². The third-order valence-corrected chi connectivity index (χ3v) is 6.23. The van der Waals surface area contributed by atoms with Crippen LogP contribution >= 0.6 is 19.2 Å².